The molecule has 1 saturated heterocycles. The summed E-state index contributed by atoms with van der Waals surface area (Å²) < 4.78 is 25.1. The minimum Gasteiger partial charge on any atom is -0.324 e. The molecule has 8 nitrogen and oxygen atoms in total. The highest BCUT2D eigenvalue weighted by Gasteiger charge is 2.30. The fourth-order valence-corrected chi connectivity index (χ4v) is 6.63. The highest BCUT2D eigenvalue weighted by molar-refractivity contribution is 7.90. The quantitative estimate of drug-likeness (QED) is 0.343. The number of aromatic amines is 1. The van der Waals surface area contributed by atoms with Gasteiger partial charge in [-0.25, -0.2) is 8.42 Å². The van der Waals surface area contributed by atoms with Gasteiger partial charge in [-0.05, 0) is 92.2 Å². The molecule has 5 rings (SSSR count). The van der Waals surface area contributed by atoms with Gasteiger partial charge in [0.25, 0.3) is 0 Å². The van der Waals surface area contributed by atoms with Crippen molar-refractivity contribution in [3.63, 3.8) is 0 Å². The van der Waals surface area contributed by atoms with E-state index in [1.807, 2.05) is 66.2 Å². The van der Waals surface area contributed by atoms with Crippen molar-refractivity contribution in [3.8, 4) is 11.3 Å². The number of carbonyl (C=O) groups is 1. The number of nitrogens with zero attached hydrogens (tertiary/aromatic N) is 3. The van der Waals surface area contributed by atoms with Gasteiger partial charge in [-0.15, -0.1) is 0 Å². The lowest BCUT2D eigenvalue weighted by Gasteiger charge is -2.26. The SMILES string of the molecule is CN(C)Cc1ccc(-c2n[nH]c3ccc(NC(=O)C(c4ccsc4)N4CCCC4)cc23)cc1S(C)(=O)=O. The van der Waals surface area contributed by atoms with Crippen LogP contribution in [0.5, 0.6) is 0 Å². The summed E-state index contributed by atoms with van der Waals surface area (Å²) in [6.45, 7) is 2.33. The third-order valence-corrected chi connectivity index (χ3v) is 8.55. The second-order valence-electron chi connectivity index (χ2n) is 9.86. The van der Waals surface area contributed by atoms with Crippen LogP contribution in [-0.2, 0) is 21.2 Å². The van der Waals surface area contributed by atoms with E-state index in [9.17, 15) is 13.2 Å². The molecule has 1 aliphatic rings. The van der Waals surface area contributed by atoms with Crippen LogP contribution in [0.1, 0.15) is 30.0 Å². The van der Waals surface area contributed by atoms with E-state index in [1.54, 1.807) is 17.4 Å². The number of rotatable bonds is 8. The van der Waals surface area contributed by atoms with Crippen molar-refractivity contribution in [3.05, 3.63) is 64.4 Å². The number of likely N-dealkylation sites (tertiary alicyclic amines) is 1. The molecule has 4 aromatic rings. The number of anilines is 1. The Kier molecular flexibility index (Phi) is 7.17. The van der Waals surface area contributed by atoms with Gasteiger partial charge in [0, 0.05) is 29.4 Å². The number of thiophene rings is 1. The van der Waals surface area contributed by atoms with Gasteiger partial charge in [-0.3, -0.25) is 14.8 Å². The Hall–Kier alpha value is -3.05. The first-order valence-electron chi connectivity index (χ1n) is 12.2. The molecule has 2 N–H and O–H groups in total. The van der Waals surface area contributed by atoms with Gasteiger partial charge in [0.05, 0.1) is 10.4 Å². The zero-order chi connectivity index (χ0) is 26.2. The topological polar surface area (TPSA) is 98.4 Å². The maximum atomic E-state index is 13.5. The summed E-state index contributed by atoms with van der Waals surface area (Å²) in [4.78, 5) is 17.9. The fourth-order valence-electron chi connectivity index (χ4n) is 5.00. The number of nitrogens with one attached hydrogen (secondary N) is 2. The Labute approximate surface area is 221 Å². The molecule has 0 radical (unpaired) electrons. The molecule has 3 heterocycles. The zero-order valence-corrected chi connectivity index (χ0v) is 22.8. The maximum absolute atomic E-state index is 13.5. The number of benzene rings is 2. The van der Waals surface area contributed by atoms with E-state index in [2.05, 4.69) is 20.4 Å². The summed E-state index contributed by atoms with van der Waals surface area (Å²) in [6.07, 6.45) is 3.42. The second kappa shape index (κ2) is 10.4. The van der Waals surface area contributed by atoms with Crippen LogP contribution >= 0.6 is 11.3 Å². The Bertz CT molecular complexity index is 1520. The first-order valence-corrected chi connectivity index (χ1v) is 15.1. The molecule has 1 fully saturated rings. The first-order chi connectivity index (χ1) is 17.7. The normalized spacial score (nSPS) is 15.5. The van der Waals surface area contributed by atoms with Crippen LogP contribution in [0.25, 0.3) is 22.2 Å². The molecular formula is C27H31N5O3S2. The Morgan fingerprint density at radius 2 is 1.95 bits per heavy atom. The highest BCUT2D eigenvalue weighted by Crippen LogP contribution is 2.33. The molecule has 194 valence electrons. The molecule has 2 aromatic heterocycles. The Morgan fingerprint density at radius 3 is 2.62 bits per heavy atom. The van der Waals surface area contributed by atoms with Crippen LogP contribution in [0, 0.1) is 0 Å². The number of hydrogen-bond acceptors (Lipinski definition) is 7. The lowest BCUT2D eigenvalue weighted by atomic mass is 10.0. The lowest BCUT2D eigenvalue weighted by molar-refractivity contribution is -0.121. The summed E-state index contributed by atoms with van der Waals surface area (Å²) in [5, 5.41) is 15.5. The van der Waals surface area contributed by atoms with Crippen LogP contribution in [0.2, 0.25) is 0 Å². The van der Waals surface area contributed by atoms with Gasteiger partial charge in [-0.2, -0.15) is 16.4 Å². The number of amides is 1. The monoisotopic (exact) mass is 537 g/mol. The van der Waals surface area contributed by atoms with E-state index in [-0.39, 0.29) is 11.9 Å². The summed E-state index contributed by atoms with van der Waals surface area (Å²) in [5.41, 5.74) is 4.57. The van der Waals surface area contributed by atoms with Gasteiger partial charge in [0.15, 0.2) is 9.84 Å². The van der Waals surface area contributed by atoms with Crippen molar-refractivity contribution in [1.82, 2.24) is 20.0 Å². The summed E-state index contributed by atoms with van der Waals surface area (Å²) in [6, 6.07) is 12.8. The van der Waals surface area contributed by atoms with E-state index in [4.69, 9.17) is 0 Å². The lowest BCUT2D eigenvalue weighted by Crippen LogP contribution is -2.35. The van der Waals surface area contributed by atoms with E-state index < -0.39 is 9.84 Å². The summed E-state index contributed by atoms with van der Waals surface area (Å²) in [7, 11) is 0.378. The van der Waals surface area contributed by atoms with Crippen molar-refractivity contribution in [2.24, 2.45) is 0 Å². The molecule has 0 saturated carbocycles. The molecule has 37 heavy (non-hydrogen) atoms. The van der Waals surface area contributed by atoms with Gasteiger partial charge in [0.1, 0.15) is 11.7 Å². The van der Waals surface area contributed by atoms with Crippen molar-refractivity contribution in [1.29, 1.82) is 0 Å². The highest BCUT2D eigenvalue weighted by atomic mass is 32.2. The molecule has 0 spiro atoms. The van der Waals surface area contributed by atoms with Crippen molar-refractivity contribution >= 4 is 43.7 Å². The van der Waals surface area contributed by atoms with Gasteiger partial charge in [0.2, 0.25) is 5.91 Å². The predicted octanol–water partition coefficient (Wildman–Crippen LogP) is 4.53. The van der Waals surface area contributed by atoms with Crippen LogP contribution in [0.4, 0.5) is 5.69 Å². The van der Waals surface area contributed by atoms with Crippen molar-refractivity contribution < 1.29 is 13.2 Å². The van der Waals surface area contributed by atoms with Gasteiger partial charge >= 0.3 is 0 Å². The molecule has 0 bridgehead atoms. The van der Waals surface area contributed by atoms with Crippen LogP contribution in [-0.4, -0.2) is 67.8 Å². The van der Waals surface area contributed by atoms with E-state index >= 15 is 0 Å². The van der Waals surface area contributed by atoms with Gasteiger partial charge < -0.3 is 10.2 Å². The standard InChI is InChI=1S/C27H31N5O3S2/c1-31(2)16-19-7-6-18(14-24(19)37(3,34)35)25-22-15-21(8-9-23(22)29-30-25)28-27(33)26(20-10-13-36-17-20)32-11-4-5-12-32/h6-10,13-15,17,26H,4-5,11-12,16H2,1-3H3,(H,28,33)(H,29,30). The molecular weight excluding hydrogens is 506 g/mol. The van der Waals surface area contributed by atoms with E-state index in [0.29, 0.717) is 28.4 Å². The molecule has 0 aliphatic carbocycles. The van der Waals surface area contributed by atoms with Crippen LogP contribution in [0.15, 0.2) is 58.1 Å². The number of aromatic nitrogens is 2. The number of fused-ring (bicyclic) bond motifs is 1. The molecule has 1 amide bonds. The van der Waals surface area contributed by atoms with E-state index in [1.165, 1.54) is 6.26 Å². The molecule has 10 heteroatoms. The third kappa shape index (κ3) is 5.47. The Balaban J connectivity index is 1.48. The molecule has 1 unspecified atom stereocenters. The minimum absolute atomic E-state index is 0.0582. The smallest absolute Gasteiger partial charge is 0.246 e. The van der Waals surface area contributed by atoms with E-state index in [0.717, 1.165) is 48.0 Å². The minimum atomic E-state index is -3.43. The first kappa shape index (κ1) is 25.6. The second-order valence-corrected chi connectivity index (χ2v) is 12.6. The predicted molar refractivity (Wildman–Crippen MR) is 149 cm³/mol. The average Bonchev–Trinajstić information content (AvgIpc) is 3.61. The van der Waals surface area contributed by atoms with Crippen molar-refractivity contribution in [2.75, 3.05) is 38.8 Å². The van der Waals surface area contributed by atoms with Crippen LogP contribution in [0.3, 0.4) is 0 Å². The third-order valence-electron chi connectivity index (χ3n) is 6.67. The number of sulfone groups is 1. The molecule has 1 aliphatic heterocycles. The van der Waals surface area contributed by atoms with Crippen molar-refractivity contribution in [2.45, 2.75) is 30.3 Å². The summed E-state index contributed by atoms with van der Waals surface area (Å²) in [5.74, 6) is -0.0582. The number of carbonyl (C=O) groups excluding carboxylic acids is 1. The molecule has 2 aromatic carbocycles. The maximum Gasteiger partial charge on any atom is 0.246 e. The Morgan fingerprint density at radius 1 is 1.16 bits per heavy atom. The number of H-pyrrole nitrogens is 1. The fraction of sp³-hybridized carbons (Fsp3) is 0.333. The largest absolute Gasteiger partial charge is 0.324 e. The van der Waals surface area contributed by atoms with Crippen LogP contribution < -0.4 is 5.32 Å². The van der Waals surface area contributed by atoms with Gasteiger partial charge in [-0.1, -0.05) is 12.1 Å². The number of hydrogen-bond donors (Lipinski definition) is 2. The summed E-state index contributed by atoms with van der Waals surface area (Å²) >= 11 is 1.60. The average molecular weight is 538 g/mol. The zero-order valence-electron chi connectivity index (χ0n) is 21.2. The molecule has 1 atom stereocenters.